The quantitative estimate of drug-likeness (QED) is 0.830. The predicted molar refractivity (Wildman–Crippen MR) is 60.6 cm³/mol. The lowest BCUT2D eigenvalue weighted by Crippen LogP contribution is -2.08. The van der Waals surface area contributed by atoms with Gasteiger partial charge in [-0.1, -0.05) is 13.8 Å². The van der Waals surface area contributed by atoms with Crippen molar-refractivity contribution in [2.75, 3.05) is 6.54 Å². The van der Waals surface area contributed by atoms with Crippen molar-refractivity contribution >= 4 is 12.4 Å². The molecular weight excluding hydrogens is 198 g/mol. The van der Waals surface area contributed by atoms with E-state index >= 15 is 0 Å². The average Bonchev–Trinajstić information content (AvgIpc) is 2.04. The highest BCUT2D eigenvalue weighted by Crippen LogP contribution is 2.04. The Bertz CT molecular complexity index is 263. The fourth-order valence-electron chi connectivity index (χ4n) is 1.22. The van der Waals surface area contributed by atoms with E-state index in [1.165, 1.54) is 0 Å². The van der Waals surface area contributed by atoms with Gasteiger partial charge >= 0.3 is 0 Å². The Morgan fingerprint density at radius 2 is 2.14 bits per heavy atom. The van der Waals surface area contributed by atoms with Gasteiger partial charge in [-0.05, 0) is 24.9 Å². The van der Waals surface area contributed by atoms with Crippen LogP contribution in [0.3, 0.4) is 0 Å². The largest absolute Gasteiger partial charge is 0.330 e. The van der Waals surface area contributed by atoms with Crippen molar-refractivity contribution in [3.63, 3.8) is 0 Å². The fourth-order valence-corrected chi connectivity index (χ4v) is 1.22. The fraction of sp³-hybridized carbons (Fsp3) is 0.600. The molecule has 0 amide bonds. The van der Waals surface area contributed by atoms with Crippen molar-refractivity contribution in [1.29, 1.82) is 0 Å². The molecule has 0 saturated heterocycles. The molecule has 0 fully saturated rings. The van der Waals surface area contributed by atoms with E-state index in [9.17, 15) is 0 Å². The molecule has 0 atom stereocenters. The lowest BCUT2D eigenvalue weighted by atomic mass is 10.1. The number of hydrogen-bond donors (Lipinski definition) is 1. The van der Waals surface area contributed by atoms with Crippen molar-refractivity contribution in [3.05, 3.63) is 23.8 Å². The first kappa shape index (κ1) is 13.3. The maximum absolute atomic E-state index is 5.43. The zero-order valence-electron chi connectivity index (χ0n) is 8.73. The second-order valence-electron chi connectivity index (χ2n) is 3.60. The molecule has 0 aliphatic carbocycles. The molecule has 1 aromatic rings. The van der Waals surface area contributed by atoms with Gasteiger partial charge in [-0.25, -0.2) is 9.97 Å². The number of hydrogen-bond acceptors (Lipinski definition) is 3. The van der Waals surface area contributed by atoms with Crippen molar-refractivity contribution in [1.82, 2.24) is 9.97 Å². The van der Waals surface area contributed by atoms with Crippen LogP contribution in [0, 0.1) is 5.92 Å². The van der Waals surface area contributed by atoms with Gasteiger partial charge in [0, 0.05) is 18.3 Å². The van der Waals surface area contributed by atoms with Gasteiger partial charge in [0.1, 0.15) is 5.82 Å². The van der Waals surface area contributed by atoms with Crippen LogP contribution in [0.25, 0.3) is 0 Å². The summed E-state index contributed by atoms with van der Waals surface area (Å²) in [6.07, 6.45) is 3.60. The Hall–Kier alpha value is -0.670. The van der Waals surface area contributed by atoms with Gasteiger partial charge in [0.2, 0.25) is 0 Å². The lowest BCUT2D eigenvalue weighted by Gasteiger charge is -2.04. The second-order valence-corrected chi connectivity index (χ2v) is 3.60. The number of rotatable bonds is 4. The Morgan fingerprint density at radius 3 is 2.71 bits per heavy atom. The van der Waals surface area contributed by atoms with Crippen LogP contribution in [0.1, 0.15) is 25.4 Å². The van der Waals surface area contributed by atoms with Crippen LogP contribution >= 0.6 is 12.4 Å². The third kappa shape index (κ3) is 4.53. The monoisotopic (exact) mass is 215 g/mol. The van der Waals surface area contributed by atoms with E-state index in [0.717, 1.165) is 24.4 Å². The molecule has 0 aliphatic rings. The molecular formula is C10H18ClN3. The van der Waals surface area contributed by atoms with Gasteiger partial charge in [-0.2, -0.15) is 0 Å². The molecule has 3 nitrogen and oxygen atoms in total. The molecule has 0 unspecified atom stereocenters. The topological polar surface area (TPSA) is 51.8 Å². The zero-order chi connectivity index (χ0) is 9.68. The molecule has 14 heavy (non-hydrogen) atoms. The van der Waals surface area contributed by atoms with Crippen molar-refractivity contribution in [3.8, 4) is 0 Å². The number of aromatic nitrogens is 2. The highest BCUT2D eigenvalue weighted by atomic mass is 35.5. The van der Waals surface area contributed by atoms with Gasteiger partial charge < -0.3 is 5.73 Å². The smallest absolute Gasteiger partial charge is 0.129 e. The van der Waals surface area contributed by atoms with Crippen LogP contribution in [0.5, 0.6) is 0 Å². The van der Waals surface area contributed by atoms with Gasteiger partial charge in [0.25, 0.3) is 0 Å². The van der Waals surface area contributed by atoms with Crippen LogP contribution in [-0.2, 0) is 12.8 Å². The summed E-state index contributed by atoms with van der Waals surface area (Å²) in [6.45, 7) is 4.99. The maximum Gasteiger partial charge on any atom is 0.129 e. The summed E-state index contributed by atoms with van der Waals surface area (Å²) in [5.41, 5.74) is 6.55. The summed E-state index contributed by atoms with van der Waals surface area (Å²) < 4.78 is 0. The third-order valence-corrected chi connectivity index (χ3v) is 1.75. The van der Waals surface area contributed by atoms with E-state index in [1.54, 1.807) is 0 Å². The van der Waals surface area contributed by atoms with E-state index in [4.69, 9.17) is 5.73 Å². The van der Waals surface area contributed by atoms with E-state index in [0.29, 0.717) is 12.5 Å². The van der Waals surface area contributed by atoms with Gasteiger partial charge in [-0.15, -0.1) is 12.4 Å². The van der Waals surface area contributed by atoms with Crippen LogP contribution in [0.2, 0.25) is 0 Å². The molecule has 1 rings (SSSR count). The summed E-state index contributed by atoms with van der Waals surface area (Å²) in [4.78, 5) is 8.56. The molecule has 0 radical (unpaired) electrons. The summed E-state index contributed by atoms with van der Waals surface area (Å²) >= 11 is 0. The average molecular weight is 216 g/mol. The van der Waals surface area contributed by atoms with E-state index in [2.05, 4.69) is 23.8 Å². The Morgan fingerprint density at radius 1 is 1.43 bits per heavy atom. The SMILES string of the molecule is CC(C)Cc1ccnc(CCN)n1.Cl. The minimum absolute atomic E-state index is 0. The van der Waals surface area contributed by atoms with Gasteiger partial charge in [-0.3, -0.25) is 0 Å². The first-order chi connectivity index (χ1) is 6.22. The van der Waals surface area contributed by atoms with E-state index < -0.39 is 0 Å². The first-order valence-corrected chi connectivity index (χ1v) is 4.73. The molecule has 1 aromatic heterocycles. The van der Waals surface area contributed by atoms with Crippen LogP contribution < -0.4 is 5.73 Å². The standard InChI is InChI=1S/C10H17N3.ClH/c1-8(2)7-9-4-6-12-10(13-9)3-5-11;/h4,6,8H,3,5,7,11H2,1-2H3;1H. The molecule has 0 saturated carbocycles. The van der Waals surface area contributed by atoms with Crippen molar-refractivity contribution in [2.24, 2.45) is 11.7 Å². The Kier molecular flexibility index (Phi) is 6.41. The predicted octanol–water partition coefficient (Wildman–Crippen LogP) is 1.60. The van der Waals surface area contributed by atoms with E-state index in [-0.39, 0.29) is 12.4 Å². The van der Waals surface area contributed by atoms with Crippen LogP contribution in [-0.4, -0.2) is 16.5 Å². The number of halogens is 1. The van der Waals surface area contributed by atoms with Gasteiger partial charge in [0.05, 0.1) is 0 Å². The minimum Gasteiger partial charge on any atom is -0.330 e. The first-order valence-electron chi connectivity index (χ1n) is 4.73. The Balaban J connectivity index is 0.00000169. The normalized spacial score (nSPS) is 10.0. The number of nitrogens with two attached hydrogens (primary N) is 1. The number of nitrogens with zero attached hydrogens (tertiary/aromatic N) is 2. The summed E-state index contributed by atoms with van der Waals surface area (Å²) in [5.74, 6) is 1.50. The molecule has 4 heteroatoms. The summed E-state index contributed by atoms with van der Waals surface area (Å²) in [7, 11) is 0. The molecule has 0 spiro atoms. The molecule has 0 bridgehead atoms. The molecule has 80 valence electrons. The minimum atomic E-state index is 0. The second kappa shape index (κ2) is 6.74. The van der Waals surface area contributed by atoms with Crippen molar-refractivity contribution < 1.29 is 0 Å². The lowest BCUT2D eigenvalue weighted by molar-refractivity contribution is 0.629. The highest BCUT2D eigenvalue weighted by molar-refractivity contribution is 5.85. The zero-order valence-corrected chi connectivity index (χ0v) is 9.55. The molecule has 2 N–H and O–H groups in total. The highest BCUT2D eigenvalue weighted by Gasteiger charge is 2.00. The molecule has 1 heterocycles. The van der Waals surface area contributed by atoms with Gasteiger partial charge in [0.15, 0.2) is 0 Å². The van der Waals surface area contributed by atoms with E-state index in [1.807, 2.05) is 12.3 Å². The summed E-state index contributed by atoms with van der Waals surface area (Å²) in [5, 5.41) is 0. The van der Waals surface area contributed by atoms with Crippen LogP contribution in [0.4, 0.5) is 0 Å². The van der Waals surface area contributed by atoms with Crippen LogP contribution in [0.15, 0.2) is 12.3 Å². The molecule has 0 aliphatic heterocycles. The van der Waals surface area contributed by atoms with Crippen molar-refractivity contribution in [2.45, 2.75) is 26.7 Å². The maximum atomic E-state index is 5.43. The molecule has 0 aromatic carbocycles. The third-order valence-electron chi connectivity index (χ3n) is 1.75. The summed E-state index contributed by atoms with van der Waals surface area (Å²) in [6, 6.07) is 1.97. The Labute approximate surface area is 91.6 Å².